The number of rotatable bonds is 6. The molecule has 0 bridgehead atoms. The van der Waals surface area contributed by atoms with E-state index in [1.165, 1.54) is 0 Å². The zero-order chi connectivity index (χ0) is 12.8. The lowest BCUT2D eigenvalue weighted by Gasteiger charge is -2.16. The molecule has 98 valence electrons. The molecule has 2 atom stereocenters. The van der Waals surface area contributed by atoms with Crippen LogP contribution in [0.15, 0.2) is 30.3 Å². The van der Waals surface area contributed by atoms with Gasteiger partial charge in [0, 0.05) is 0 Å². The van der Waals surface area contributed by atoms with E-state index in [1.54, 1.807) is 0 Å². The molecule has 0 unspecified atom stereocenters. The third kappa shape index (κ3) is 3.47. The molecule has 4 heteroatoms. The summed E-state index contributed by atoms with van der Waals surface area (Å²) in [7, 11) is 0. The number of carbonyl (C=O) groups is 1. The Morgan fingerprint density at radius 3 is 2.83 bits per heavy atom. The maximum absolute atomic E-state index is 11.2. The van der Waals surface area contributed by atoms with Gasteiger partial charge in [0.25, 0.3) is 0 Å². The van der Waals surface area contributed by atoms with Crippen LogP contribution in [0.3, 0.4) is 0 Å². The first-order chi connectivity index (χ1) is 8.79. The van der Waals surface area contributed by atoms with Crippen LogP contribution < -0.4 is 5.32 Å². The van der Waals surface area contributed by atoms with Crippen molar-refractivity contribution in [2.75, 3.05) is 6.61 Å². The predicted octanol–water partition coefficient (Wildman–Crippen LogP) is 2.48. The molecule has 1 heterocycles. The monoisotopic (exact) mass is 249 g/mol. The highest BCUT2D eigenvalue weighted by Crippen LogP contribution is 2.15. The lowest BCUT2D eigenvalue weighted by atomic mass is 10.1. The third-order valence-corrected chi connectivity index (χ3v) is 2.99. The van der Waals surface area contributed by atoms with Gasteiger partial charge in [-0.05, 0) is 12.0 Å². The minimum Gasteiger partial charge on any atom is -0.444 e. The van der Waals surface area contributed by atoms with Crippen molar-refractivity contribution in [2.24, 2.45) is 0 Å². The van der Waals surface area contributed by atoms with Crippen LogP contribution in [0, 0.1) is 0 Å². The Balaban J connectivity index is 1.77. The van der Waals surface area contributed by atoms with Gasteiger partial charge in [-0.25, -0.2) is 4.79 Å². The number of nitrogens with one attached hydrogen (secondary N) is 1. The molecule has 1 aliphatic rings. The number of ether oxygens (including phenoxy) is 2. The number of hydrogen-bond donors (Lipinski definition) is 1. The van der Waals surface area contributed by atoms with Crippen LogP contribution in [-0.4, -0.2) is 24.8 Å². The van der Waals surface area contributed by atoms with E-state index in [2.05, 4.69) is 12.2 Å². The normalized spacial score (nSPS) is 22.6. The van der Waals surface area contributed by atoms with Crippen molar-refractivity contribution in [1.82, 2.24) is 5.32 Å². The van der Waals surface area contributed by atoms with Crippen LogP contribution in [0.1, 0.15) is 25.3 Å². The molecule has 1 amide bonds. The van der Waals surface area contributed by atoms with Crippen LogP contribution >= 0.6 is 0 Å². The Kier molecular flexibility index (Phi) is 4.59. The number of carbonyl (C=O) groups excluding carboxylic acids is 1. The fourth-order valence-corrected chi connectivity index (χ4v) is 2.07. The molecule has 0 radical (unpaired) electrons. The van der Waals surface area contributed by atoms with E-state index in [0.717, 1.165) is 18.4 Å². The SMILES string of the molecule is CCC[C@@H]1OC(=O)N[C@H]1COCc1ccccc1. The van der Waals surface area contributed by atoms with Crippen molar-refractivity contribution in [3.8, 4) is 0 Å². The summed E-state index contributed by atoms with van der Waals surface area (Å²) in [4.78, 5) is 11.2. The van der Waals surface area contributed by atoms with Crippen molar-refractivity contribution in [1.29, 1.82) is 0 Å². The summed E-state index contributed by atoms with van der Waals surface area (Å²) in [5.74, 6) is 0. The average molecular weight is 249 g/mol. The first kappa shape index (κ1) is 12.9. The van der Waals surface area contributed by atoms with Gasteiger partial charge in [0.2, 0.25) is 0 Å². The Morgan fingerprint density at radius 1 is 1.33 bits per heavy atom. The van der Waals surface area contributed by atoms with Gasteiger partial charge in [-0.15, -0.1) is 0 Å². The smallest absolute Gasteiger partial charge is 0.407 e. The van der Waals surface area contributed by atoms with E-state index in [4.69, 9.17) is 9.47 Å². The minimum absolute atomic E-state index is 0.0267. The first-order valence-electron chi connectivity index (χ1n) is 6.38. The Hall–Kier alpha value is -1.55. The van der Waals surface area contributed by atoms with Crippen molar-refractivity contribution < 1.29 is 14.3 Å². The van der Waals surface area contributed by atoms with E-state index >= 15 is 0 Å². The number of hydrogen-bond acceptors (Lipinski definition) is 3. The number of cyclic esters (lactones) is 1. The van der Waals surface area contributed by atoms with Crippen molar-refractivity contribution in [3.05, 3.63) is 35.9 Å². The summed E-state index contributed by atoms with van der Waals surface area (Å²) < 4.78 is 10.8. The molecule has 1 aromatic rings. The molecule has 1 aromatic carbocycles. The predicted molar refractivity (Wildman–Crippen MR) is 68.2 cm³/mol. The summed E-state index contributed by atoms with van der Waals surface area (Å²) in [6.45, 7) is 3.13. The van der Waals surface area contributed by atoms with Gasteiger partial charge in [0.05, 0.1) is 19.3 Å². The molecule has 0 aromatic heterocycles. The highest BCUT2D eigenvalue weighted by atomic mass is 16.6. The Bertz CT molecular complexity index is 380. The fourth-order valence-electron chi connectivity index (χ4n) is 2.07. The standard InChI is InChI=1S/C14H19NO3/c1-2-6-13-12(15-14(16)18-13)10-17-9-11-7-4-3-5-8-11/h3-5,7-8,12-13H,2,6,9-10H2,1H3,(H,15,16)/t12-,13-/m0/s1. The van der Waals surface area contributed by atoms with Crippen LogP contribution in [-0.2, 0) is 16.1 Å². The van der Waals surface area contributed by atoms with E-state index < -0.39 is 0 Å². The minimum atomic E-state index is -0.332. The molecule has 1 aliphatic heterocycles. The zero-order valence-corrected chi connectivity index (χ0v) is 10.6. The van der Waals surface area contributed by atoms with E-state index in [1.807, 2.05) is 30.3 Å². The molecular weight excluding hydrogens is 230 g/mol. The highest BCUT2D eigenvalue weighted by Gasteiger charge is 2.33. The number of benzene rings is 1. The summed E-state index contributed by atoms with van der Waals surface area (Å²) in [6.07, 6.45) is 1.48. The second-order valence-corrected chi connectivity index (χ2v) is 4.48. The Labute approximate surface area is 107 Å². The van der Waals surface area contributed by atoms with E-state index in [-0.39, 0.29) is 18.2 Å². The second-order valence-electron chi connectivity index (χ2n) is 4.48. The maximum atomic E-state index is 11.2. The van der Waals surface area contributed by atoms with Gasteiger partial charge in [-0.1, -0.05) is 43.7 Å². The number of alkyl carbamates (subject to hydrolysis) is 1. The van der Waals surface area contributed by atoms with Crippen LogP contribution in [0.5, 0.6) is 0 Å². The fraction of sp³-hybridized carbons (Fsp3) is 0.500. The third-order valence-electron chi connectivity index (χ3n) is 2.99. The van der Waals surface area contributed by atoms with Gasteiger partial charge >= 0.3 is 6.09 Å². The summed E-state index contributed by atoms with van der Waals surface area (Å²) in [5, 5.41) is 2.79. The molecule has 2 rings (SSSR count). The molecule has 0 saturated carbocycles. The summed E-state index contributed by atoms with van der Waals surface area (Å²) in [6, 6.07) is 9.96. The second kappa shape index (κ2) is 6.40. The van der Waals surface area contributed by atoms with Crippen molar-refractivity contribution >= 4 is 6.09 Å². The van der Waals surface area contributed by atoms with E-state index in [9.17, 15) is 4.79 Å². The summed E-state index contributed by atoms with van der Waals surface area (Å²) in [5.41, 5.74) is 1.13. The van der Waals surface area contributed by atoms with Crippen molar-refractivity contribution in [2.45, 2.75) is 38.5 Å². The summed E-state index contributed by atoms with van der Waals surface area (Å²) >= 11 is 0. The Morgan fingerprint density at radius 2 is 2.11 bits per heavy atom. The molecular formula is C14H19NO3. The highest BCUT2D eigenvalue weighted by molar-refractivity contribution is 5.70. The molecule has 1 fully saturated rings. The van der Waals surface area contributed by atoms with Crippen LogP contribution in [0.25, 0.3) is 0 Å². The van der Waals surface area contributed by atoms with Gasteiger partial charge in [0.1, 0.15) is 6.10 Å². The average Bonchev–Trinajstić information content (AvgIpc) is 2.72. The van der Waals surface area contributed by atoms with Crippen LogP contribution in [0.2, 0.25) is 0 Å². The molecule has 0 aliphatic carbocycles. The lowest BCUT2D eigenvalue weighted by Crippen LogP contribution is -2.36. The zero-order valence-electron chi connectivity index (χ0n) is 10.6. The van der Waals surface area contributed by atoms with Gasteiger partial charge in [0.15, 0.2) is 0 Å². The van der Waals surface area contributed by atoms with E-state index in [0.29, 0.717) is 13.2 Å². The van der Waals surface area contributed by atoms with Gasteiger partial charge in [-0.2, -0.15) is 0 Å². The molecule has 1 N–H and O–H groups in total. The first-order valence-corrected chi connectivity index (χ1v) is 6.38. The lowest BCUT2D eigenvalue weighted by molar-refractivity contribution is 0.0685. The van der Waals surface area contributed by atoms with Gasteiger partial charge in [-0.3, -0.25) is 0 Å². The topological polar surface area (TPSA) is 47.6 Å². The number of amides is 1. The quantitative estimate of drug-likeness (QED) is 0.842. The maximum Gasteiger partial charge on any atom is 0.407 e. The van der Waals surface area contributed by atoms with Gasteiger partial charge < -0.3 is 14.8 Å². The molecule has 1 saturated heterocycles. The molecule has 18 heavy (non-hydrogen) atoms. The largest absolute Gasteiger partial charge is 0.444 e. The molecule has 4 nitrogen and oxygen atoms in total. The molecule has 0 spiro atoms. The van der Waals surface area contributed by atoms with Crippen molar-refractivity contribution in [3.63, 3.8) is 0 Å². The van der Waals surface area contributed by atoms with Crippen LogP contribution in [0.4, 0.5) is 4.79 Å².